The maximum atomic E-state index is 8.75. The molecule has 0 unspecified atom stereocenters. The van der Waals surface area contributed by atoms with Gasteiger partial charge < -0.3 is 10.1 Å². The van der Waals surface area contributed by atoms with Crippen molar-refractivity contribution >= 4 is 17.3 Å². The highest BCUT2D eigenvalue weighted by Crippen LogP contribution is 2.48. The SMILES string of the molecule is COc1ccc(Cl)c(NCC2(CC#N)CC2)c1. The lowest BCUT2D eigenvalue weighted by atomic mass is 10.0. The number of hydrogen-bond acceptors (Lipinski definition) is 3. The molecule has 0 bridgehead atoms. The molecule has 0 spiro atoms. The van der Waals surface area contributed by atoms with Crippen molar-refractivity contribution in [1.82, 2.24) is 0 Å². The second-order valence-corrected chi connectivity index (χ2v) is 4.94. The Labute approximate surface area is 106 Å². The Kier molecular flexibility index (Phi) is 3.44. The molecule has 0 atom stereocenters. The molecule has 0 saturated heterocycles. The van der Waals surface area contributed by atoms with Gasteiger partial charge in [-0.2, -0.15) is 5.26 Å². The van der Waals surface area contributed by atoms with Crippen LogP contribution in [0.5, 0.6) is 5.75 Å². The number of anilines is 1. The molecule has 4 heteroatoms. The molecule has 0 radical (unpaired) electrons. The zero-order valence-electron chi connectivity index (χ0n) is 9.79. The lowest BCUT2D eigenvalue weighted by Gasteiger charge is -2.15. The molecule has 1 aromatic rings. The van der Waals surface area contributed by atoms with Gasteiger partial charge in [-0.05, 0) is 25.0 Å². The van der Waals surface area contributed by atoms with Gasteiger partial charge in [-0.1, -0.05) is 11.6 Å². The van der Waals surface area contributed by atoms with Gasteiger partial charge in [0.2, 0.25) is 0 Å². The summed E-state index contributed by atoms with van der Waals surface area (Å²) in [7, 11) is 1.63. The van der Waals surface area contributed by atoms with Gasteiger partial charge in [-0.15, -0.1) is 0 Å². The molecule has 0 aliphatic heterocycles. The normalized spacial score (nSPS) is 16.1. The summed E-state index contributed by atoms with van der Waals surface area (Å²) >= 11 is 6.10. The van der Waals surface area contributed by atoms with Crippen LogP contribution in [0.4, 0.5) is 5.69 Å². The number of benzene rings is 1. The number of nitriles is 1. The van der Waals surface area contributed by atoms with Crippen LogP contribution in [0.15, 0.2) is 18.2 Å². The molecule has 1 N–H and O–H groups in total. The van der Waals surface area contributed by atoms with Crippen LogP contribution in [0.25, 0.3) is 0 Å². The predicted octanol–water partition coefficient (Wildman–Crippen LogP) is 3.45. The molecular formula is C13H15ClN2O. The maximum Gasteiger partial charge on any atom is 0.121 e. The maximum absolute atomic E-state index is 8.75. The summed E-state index contributed by atoms with van der Waals surface area (Å²) in [5, 5.41) is 12.7. The fourth-order valence-electron chi connectivity index (χ4n) is 1.81. The number of halogens is 1. The minimum Gasteiger partial charge on any atom is -0.497 e. The third-order valence-corrected chi connectivity index (χ3v) is 3.57. The molecule has 90 valence electrons. The highest BCUT2D eigenvalue weighted by molar-refractivity contribution is 6.33. The zero-order chi connectivity index (χ0) is 12.3. The summed E-state index contributed by atoms with van der Waals surface area (Å²) in [6.45, 7) is 0.799. The first kappa shape index (κ1) is 12.1. The largest absolute Gasteiger partial charge is 0.497 e. The summed E-state index contributed by atoms with van der Waals surface area (Å²) in [5.41, 5.74) is 1.04. The zero-order valence-corrected chi connectivity index (χ0v) is 10.5. The molecule has 2 rings (SSSR count). The molecule has 17 heavy (non-hydrogen) atoms. The lowest BCUT2D eigenvalue weighted by Crippen LogP contribution is -2.15. The minimum absolute atomic E-state index is 0.168. The highest BCUT2D eigenvalue weighted by Gasteiger charge is 2.42. The minimum atomic E-state index is 0.168. The molecule has 0 amide bonds. The first-order valence-electron chi connectivity index (χ1n) is 5.63. The van der Waals surface area contributed by atoms with Crippen LogP contribution in [-0.2, 0) is 0 Å². The van der Waals surface area contributed by atoms with Crippen LogP contribution >= 0.6 is 11.6 Å². The van der Waals surface area contributed by atoms with Crippen LogP contribution in [0.1, 0.15) is 19.3 Å². The van der Waals surface area contributed by atoms with Gasteiger partial charge in [0.25, 0.3) is 0 Å². The van der Waals surface area contributed by atoms with Crippen LogP contribution < -0.4 is 10.1 Å². The van der Waals surface area contributed by atoms with Gasteiger partial charge in [-0.25, -0.2) is 0 Å². The molecule has 1 aliphatic rings. The number of ether oxygens (including phenoxy) is 1. The third-order valence-electron chi connectivity index (χ3n) is 3.24. The molecule has 0 aromatic heterocycles. The van der Waals surface area contributed by atoms with Crippen LogP contribution in [0.3, 0.4) is 0 Å². The van der Waals surface area contributed by atoms with E-state index in [4.69, 9.17) is 21.6 Å². The second kappa shape index (κ2) is 4.85. The Morgan fingerprint density at radius 3 is 2.88 bits per heavy atom. The van der Waals surface area contributed by atoms with E-state index < -0.39 is 0 Å². The lowest BCUT2D eigenvalue weighted by molar-refractivity contribution is 0.415. The van der Waals surface area contributed by atoms with Crippen molar-refractivity contribution in [2.75, 3.05) is 19.0 Å². The second-order valence-electron chi connectivity index (χ2n) is 4.53. The van der Waals surface area contributed by atoms with Gasteiger partial charge in [-0.3, -0.25) is 0 Å². The predicted molar refractivity (Wildman–Crippen MR) is 68.4 cm³/mol. The number of methoxy groups -OCH3 is 1. The van der Waals surface area contributed by atoms with Gasteiger partial charge in [0, 0.05) is 24.4 Å². The van der Waals surface area contributed by atoms with E-state index in [-0.39, 0.29) is 5.41 Å². The Hall–Kier alpha value is -1.40. The topological polar surface area (TPSA) is 45.0 Å². The first-order chi connectivity index (χ1) is 8.19. The number of hydrogen-bond donors (Lipinski definition) is 1. The van der Waals surface area contributed by atoms with E-state index in [1.54, 1.807) is 7.11 Å². The summed E-state index contributed by atoms with van der Waals surface area (Å²) in [5.74, 6) is 0.780. The average Bonchev–Trinajstić information content (AvgIpc) is 3.09. The van der Waals surface area contributed by atoms with E-state index in [2.05, 4.69) is 11.4 Å². The van der Waals surface area contributed by atoms with E-state index in [0.717, 1.165) is 30.8 Å². The smallest absolute Gasteiger partial charge is 0.121 e. The van der Waals surface area contributed by atoms with Crippen molar-refractivity contribution in [2.45, 2.75) is 19.3 Å². The molecule has 0 heterocycles. The van der Waals surface area contributed by atoms with Crippen molar-refractivity contribution in [3.8, 4) is 11.8 Å². The van der Waals surface area contributed by atoms with Crippen LogP contribution in [0.2, 0.25) is 5.02 Å². The van der Waals surface area contributed by atoms with E-state index in [1.807, 2.05) is 18.2 Å². The molecule has 3 nitrogen and oxygen atoms in total. The standard InChI is InChI=1S/C13H15ClN2O/c1-17-10-2-3-11(14)12(8-10)16-9-13(4-5-13)6-7-15/h2-3,8,16H,4-6,9H2,1H3. The Bertz CT molecular complexity index is 449. The molecule has 1 aliphatic carbocycles. The van der Waals surface area contributed by atoms with Crippen molar-refractivity contribution < 1.29 is 4.74 Å². The van der Waals surface area contributed by atoms with Crippen molar-refractivity contribution in [1.29, 1.82) is 5.26 Å². The summed E-state index contributed by atoms with van der Waals surface area (Å²) in [6, 6.07) is 7.77. The third kappa shape index (κ3) is 2.83. The van der Waals surface area contributed by atoms with Crippen molar-refractivity contribution in [3.63, 3.8) is 0 Å². The molecule has 1 saturated carbocycles. The van der Waals surface area contributed by atoms with Crippen molar-refractivity contribution in [3.05, 3.63) is 23.2 Å². The molecule has 1 aromatic carbocycles. The number of rotatable bonds is 5. The number of nitrogens with one attached hydrogen (secondary N) is 1. The summed E-state index contributed by atoms with van der Waals surface area (Å²) in [6.07, 6.45) is 2.85. The van der Waals surface area contributed by atoms with E-state index in [1.165, 1.54) is 0 Å². The highest BCUT2D eigenvalue weighted by atomic mass is 35.5. The van der Waals surface area contributed by atoms with Gasteiger partial charge in [0.05, 0.1) is 23.9 Å². The van der Waals surface area contributed by atoms with E-state index in [0.29, 0.717) is 11.4 Å². The fraction of sp³-hybridized carbons (Fsp3) is 0.462. The quantitative estimate of drug-likeness (QED) is 0.871. The summed E-state index contributed by atoms with van der Waals surface area (Å²) < 4.78 is 5.15. The van der Waals surface area contributed by atoms with E-state index >= 15 is 0 Å². The Balaban J connectivity index is 2.01. The Morgan fingerprint density at radius 2 is 2.29 bits per heavy atom. The van der Waals surface area contributed by atoms with Gasteiger partial charge >= 0.3 is 0 Å². The number of nitrogens with zero attached hydrogens (tertiary/aromatic N) is 1. The van der Waals surface area contributed by atoms with Crippen LogP contribution in [-0.4, -0.2) is 13.7 Å². The fourth-order valence-corrected chi connectivity index (χ4v) is 1.99. The first-order valence-corrected chi connectivity index (χ1v) is 6.01. The average molecular weight is 251 g/mol. The van der Waals surface area contributed by atoms with Crippen LogP contribution in [0, 0.1) is 16.7 Å². The molecular weight excluding hydrogens is 236 g/mol. The van der Waals surface area contributed by atoms with E-state index in [9.17, 15) is 0 Å². The van der Waals surface area contributed by atoms with Crippen molar-refractivity contribution in [2.24, 2.45) is 5.41 Å². The Morgan fingerprint density at radius 1 is 1.53 bits per heavy atom. The van der Waals surface area contributed by atoms with Gasteiger partial charge in [0.1, 0.15) is 5.75 Å². The molecule has 1 fully saturated rings. The van der Waals surface area contributed by atoms with Gasteiger partial charge in [0.15, 0.2) is 0 Å². The summed E-state index contributed by atoms with van der Waals surface area (Å²) in [4.78, 5) is 0. The monoisotopic (exact) mass is 250 g/mol.